The summed E-state index contributed by atoms with van der Waals surface area (Å²) in [6.45, 7) is 3.26. The summed E-state index contributed by atoms with van der Waals surface area (Å²) in [6.07, 6.45) is 3.55. The summed E-state index contributed by atoms with van der Waals surface area (Å²) in [5, 5.41) is 0. The minimum atomic E-state index is 0.203. The van der Waals surface area contributed by atoms with Crippen molar-refractivity contribution >= 4 is 0 Å². The minimum Gasteiger partial charge on any atom is -0.363 e. The predicted molar refractivity (Wildman–Crippen MR) is 41.8 cm³/mol. The van der Waals surface area contributed by atoms with Crippen LogP contribution in [-0.2, 0) is 4.74 Å². The lowest BCUT2D eigenvalue weighted by atomic mass is 10.1. The van der Waals surface area contributed by atoms with Crippen LogP contribution in [-0.4, -0.2) is 31.8 Å². The van der Waals surface area contributed by atoms with Crippen molar-refractivity contribution in [3.63, 3.8) is 0 Å². The number of nitrogens with zero attached hydrogens (tertiary/aromatic N) is 1. The van der Waals surface area contributed by atoms with Crippen LogP contribution < -0.4 is 0 Å². The zero-order valence-corrected chi connectivity index (χ0v) is 6.92. The molecule has 58 valence electrons. The van der Waals surface area contributed by atoms with Crippen LogP contribution in [0.2, 0.25) is 0 Å². The van der Waals surface area contributed by atoms with Crippen molar-refractivity contribution in [3.05, 3.63) is 11.6 Å². The summed E-state index contributed by atoms with van der Waals surface area (Å²) < 4.78 is 5.22. The molecular formula is C8H15NO. The first kappa shape index (κ1) is 7.76. The van der Waals surface area contributed by atoms with Gasteiger partial charge in [0.25, 0.3) is 0 Å². The van der Waals surface area contributed by atoms with Gasteiger partial charge in [-0.1, -0.05) is 5.57 Å². The molecular weight excluding hydrogens is 126 g/mol. The van der Waals surface area contributed by atoms with Gasteiger partial charge in [-0.15, -0.1) is 0 Å². The largest absolute Gasteiger partial charge is 0.363 e. The molecule has 10 heavy (non-hydrogen) atoms. The van der Waals surface area contributed by atoms with Crippen LogP contribution in [0.5, 0.6) is 0 Å². The number of ether oxygens (including phenoxy) is 1. The number of hydrogen-bond acceptors (Lipinski definition) is 2. The normalized spacial score (nSPS) is 28.3. The van der Waals surface area contributed by atoms with E-state index in [1.807, 2.05) is 0 Å². The van der Waals surface area contributed by atoms with E-state index in [1.54, 1.807) is 7.11 Å². The average Bonchev–Trinajstić information content (AvgIpc) is 1.94. The lowest BCUT2D eigenvalue weighted by molar-refractivity contribution is 0.0129. The first-order valence-corrected chi connectivity index (χ1v) is 3.64. The Balaban J connectivity index is 2.59. The van der Waals surface area contributed by atoms with Crippen LogP contribution in [0.4, 0.5) is 0 Å². The van der Waals surface area contributed by atoms with E-state index < -0.39 is 0 Å². The SMILES string of the molecule is COC1C=C(C)CCN1C. The van der Waals surface area contributed by atoms with Gasteiger partial charge in [-0.05, 0) is 26.5 Å². The highest BCUT2D eigenvalue weighted by Gasteiger charge is 2.14. The van der Waals surface area contributed by atoms with Gasteiger partial charge in [0.05, 0.1) is 0 Å². The van der Waals surface area contributed by atoms with Crippen molar-refractivity contribution in [2.24, 2.45) is 0 Å². The zero-order chi connectivity index (χ0) is 7.56. The second-order valence-corrected chi connectivity index (χ2v) is 2.87. The van der Waals surface area contributed by atoms with Gasteiger partial charge in [0, 0.05) is 13.7 Å². The molecule has 2 heteroatoms. The fraction of sp³-hybridized carbons (Fsp3) is 0.750. The molecule has 1 heterocycles. The molecule has 0 radical (unpaired) electrons. The summed E-state index contributed by atoms with van der Waals surface area (Å²) in [4.78, 5) is 2.20. The van der Waals surface area contributed by atoms with Crippen molar-refractivity contribution in [1.29, 1.82) is 0 Å². The Morgan fingerprint density at radius 1 is 1.70 bits per heavy atom. The Kier molecular flexibility index (Phi) is 2.46. The summed E-state index contributed by atoms with van der Waals surface area (Å²) >= 11 is 0. The molecule has 0 spiro atoms. The van der Waals surface area contributed by atoms with Crippen molar-refractivity contribution in [1.82, 2.24) is 4.90 Å². The number of hydrogen-bond donors (Lipinski definition) is 0. The Bertz CT molecular complexity index is 142. The molecule has 0 saturated carbocycles. The van der Waals surface area contributed by atoms with Crippen LogP contribution in [0.1, 0.15) is 13.3 Å². The van der Waals surface area contributed by atoms with Gasteiger partial charge in [-0.3, -0.25) is 4.90 Å². The van der Waals surface area contributed by atoms with E-state index in [1.165, 1.54) is 12.0 Å². The van der Waals surface area contributed by atoms with Crippen LogP contribution >= 0.6 is 0 Å². The molecule has 1 atom stereocenters. The third-order valence-electron chi connectivity index (χ3n) is 1.96. The third-order valence-corrected chi connectivity index (χ3v) is 1.96. The zero-order valence-electron chi connectivity index (χ0n) is 6.92. The Hall–Kier alpha value is -0.340. The van der Waals surface area contributed by atoms with Crippen LogP contribution in [0.3, 0.4) is 0 Å². The average molecular weight is 141 g/mol. The van der Waals surface area contributed by atoms with E-state index in [0.29, 0.717) is 0 Å². The summed E-state index contributed by atoms with van der Waals surface area (Å²) in [6, 6.07) is 0. The van der Waals surface area contributed by atoms with Crippen LogP contribution in [0.25, 0.3) is 0 Å². The molecule has 1 aliphatic rings. The second-order valence-electron chi connectivity index (χ2n) is 2.87. The molecule has 2 nitrogen and oxygen atoms in total. The monoisotopic (exact) mass is 141 g/mol. The number of methoxy groups -OCH3 is 1. The maximum Gasteiger partial charge on any atom is 0.129 e. The molecule has 0 bridgehead atoms. The molecule has 1 rings (SSSR count). The standard InChI is InChI=1S/C8H15NO/c1-7-4-5-9(2)8(6-7)10-3/h6,8H,4-5H2,1-3H3. The van der Waals surface area contributed by atoms with E-state index in [9.17, 15) is 0 Å². The van der Waals surface area contributed by atoms with Gasteiger partial charge in [-0.25, -0.2) is 0 Å². The Morgan fingerprint density at radius 2 is 2.40 bits per heavy atom. The topological polar surface area (TPSA) is 12.5 Å². The molecule has 0 fully saturated rings. The highest BCUT2D eigenvalue weighted by Crippen LogP contribution is 2.13. The van der Waals surface area contributed by atoms with Gasteiger partial charge in [0.2, 0.25) is 0 Å². The second kappa shape index (κ2) is 3.17. The summed E-state index contributed by atoms with van der Waals surface area (Å²) in [7, 11) is 3.83. The van der Waals surface area contributed by atoms with E-state index in [4.69, 9.17) is 4.74 Å². The highest BCUT2D eigenvalue weighted by molar-refractivity contribution is 5.05. The molecule has 0 aliphatic carbocycles. The first-order valence-electron chi connectivity index (χ1n) is 3.64. The highest BCUT2D eigenvalue weighted by atomic mass is 16.5. The molecule has 1 aliphatic heterocycles. The minimum absolute atomic E-state index is 0.203. The van der Waals surface area contributed by atoms with E-state index in [2.05, 4.69) is 24.9 Å². The Morgan fingerprint density at radius 3 is 2.90 bits per heavy atom. The van der Waals surface area contributed by atoms with Crippen molar-refractivity contribution in [2.45, 2.75) is 19.6 Å². The fourth-order valence-electron chi connectivity index (χ4n) is 1.18. The fourth-order valence-corrected chi connectivity index (χ4v) is 1.18. The van der Waals surface area contributed by atoms with Crippen LogP contribution in [0, 0.1) is 0 Å². The van der Waals surface area contributed by atoms with E-state index in [0.717, 1.165) is 6.54 Å². The van der Waals surface area contributed by atoms with Gasteiger partial charge in [0.15, 0.2) is 0 Å². The Labute approximate surface area is 62.5 Å². The molecule has 0 aromatic carbocycles. The van der Waals surface area contributed by atoms with Gasteiger partial charge < -0.3 is 4.74 Å². The molecule has 0 aromatic rings. The number of likely N-dealkylation sites (N-methyl/N-ethyl adjacent to an activating group) is 1. The maximum atomic E-state index is 5.22. The van der Waals surface area contributed by atoms with Crippen molar-refractivity contribution in [2.75, 3.05) is 20.7 Å². The molecule has 0 saturated heterocycles. The van der Waals surface area contributed by atoms with E-state index >= 15 is 0 Å². The summed E-state index contributed by atoms with van der Waals surface area (Å²) in [5.74, 6) is 0. The maximum absolute atomic E-state index is 5.22. The molecule has 0 aromatic heterocycles. The molecule has 0 amide bonds. The summed E-state index contributed by atoms with van der Waals surface area (Å²) in [5.41, 5.74) is 1.44. The van der Waals surface area contributed by atoms with E-state index in [-0.39, 0.29) is 6.23 Å². The lowest BCUT2D eigenvalue weighted by Crippen LogP contribution is -2.35. The first-order chi connectivity index (χ1) is 4.74. The van der Waals surface area contributed by atoms with Gasteiger partial charge in [0.1, 0.15) is 6.23 Å². The van der Waals surface area contributed by atoms with Crippen LogP contribution in [0.15, 0.2) is 11.6 Å². The lowest BCUT2D eigenvalue weighted by Gasteiger charge is -2.28. The van der Waals surface area contributed by atoms with Gasteiger partial charge in [-0.2, -0.15) is 0 Å². The molecule has 1 unspecified atom stereocenters. The van der Waals surface area contributed by atoms with Gasteiger partial charge >= 0.3 is 0 Å². The third kappa shape index (κ3) is 1.58. The number of rotatable bonds is 1. The quantitative estimate of drug-likeness (QED) is 0.509. The van der Waals surface area contributed by atoms with Crippen molar-refractivity contribution < 1.29 is 4.74 Å². The predicted octanol–water partition coefficient (Wildman–Crippen LogP) is 1.24. The van der Waals surface area contributed by atoms with Crippen molar-refractivity contribution in [3.8, 4) is 0 Å². The smallest absolute Gasteiger partial charge is 0.129 e. The molecule has 0 N–H and O–H groups in total.